The molecule has 0 atom stereocenters. The van der Waals surface area contributed by atoms with Crippen LogP contribution in [0.25, 0.3) is 0 Å². The molecular formula is C18H20BrN3O3. The van der Waals surface area contributed by atoms with E-state index in [2.05, 4.69) is 32.3 Å². The van der Waals surface area contributed by atoms with Crippen molar-refractivity contribution in [2.24, 2.45) is 0 Å². The molecule has 25 heavy (non-hydrogen) atoms. The average Bonchev–Trinajstić information content (AvgIpc) is 2.65. The number of aldehydes is 1. The molecular weight excluding hydrogens is 386 g/mol. The minimum Gasteiger partial charge on any atom is -0.439 e. The summed E-state index contributed by atoms with van der Waals surface area (Å²) >= 11 is 3.28. The SMILES string of the molecule is CC.COCCNc1nc(Oc2ccc(Br)c(C=O)c2)ccc1C#N. The minimum absolute atomic E-state index is 0.322. The first-order valence-electron chi connectivity index (χ1n) is 7.74. The van der Waals surface area contributed by atoms with E-state index in [0.717, 1.165) is 6.29 Å². The molecule has 7 heteroatoms. The standard InChI is InChI=1S/C16H14BrN3O3.C2H6/c1-22-7-6-19-16-11(9-18)2-5-15(20-16)23-13-3-4-14(17)12(8-13)10-21;1-2/h2-5,8,10H,6-7H2,1H3,(H,19,20);1-2H3. The van der Waals surface area contributed by atoms with Crippen LogP contribution in [0, 0.1) is 11.3 Å². The fraction of sp³-hybridized carbons (Fsp3) is 0.278. The third-order valence-electron chi connectivity index (χ3n) is 2.91. The van der Waals surface area contributed by atoms with Crippen molar-refractivity contribution in [1.82, 2.24) is 4.98 Å². The Morgan fingerprint density at radius 2 is 2.08 bits per heavy atom. The number of nitrogens with one attached hydrogen (secondary N) is 1. The van der Waals surface area contributed by atoms with Crippen LogP contribution in [0.15, 0.2) is 34.8 Å². The summed E-state index contributed by atoms with van der Waals surface area (Å²) in [6.07, 6.45) is 0.737. The monoisotopic (exact) mass is 405 g/mol. The normalized spacial score (nSPS) is 9.40. The molecule has 0 radical (unpaired) electrons. The van der Waals surface area contributed by atoms with Crippen molar-refractivity contribution in [2.75, 3.05) is 25.6 Å². The highest BCUT2D eigenvalue weighted by atomic mass is 79.9. The zero-order valence-corrected chi connectivity index (χ0v) is 16.0. The fourth-order valence-corrected chi connectivity index (χ4v) is 2.13. The van der Waals surface area contributed by atoms with E-state index in [1.165, 1.54) is 0 Å². The maximum absolute atomic E-state index is 11.0. The summed E-state index contributed by atoms with van der Waals surface area (Å²) in [5.41, 5.74) is 0.896. The van der Waals surface area contributed by atoms with Crippen molar-refractivity contribution in [3.05, 3.63) is 45.9 Å². The van der Waals surface area contributed by atoms with E-state index in [0.29, 0.717) is 46.2 Å². The van der Waals surface area contributed by atoms with Gasteiger partial charge in [-0.15, -0.1) is 0 Å². The molecule has 0 aliphatic carbocycles. The molecule has 0 amide bonds. The highest BCUT2D eigenvalue weighted by molar-refractivity contribution is 9.10. The lowest BCUT2D eigenvalue weighted by atomic mass is 10.2. The summed E-state index contributed by atoms with van der Waals surface area (Å²) < 4.78 is 11.3. The van der Waals surface area contributed by atoms with Gasteiger partial charge in [0.1, 0.15) is 17.6 Å². The summed E-state index contributed by atoms with van der Waals surface area (Å²) in [4.78, 5) is 15.2. The van der Waals surface area contributed by atoms with E-state index in [4.69, 9.17) is 14.7 Å². The molecule has 0 aliphatic heterocycles. The topological polar surface area (TPSA) is 84.2 Å². The number of halogens is 1. The molecule has 0 saturated heterocycles. The molecule has 0 unspecified atom stereocenters. The Balaban J connectivity index is 0.00000151. The van der Waals surface area contributed by atoms with E-state index < -0.39 is 0 Å². The van der Waals surface area contributed by atoms with Gasteiger partial charge in [-0.05, 0) is 24.3 Å². The second-order valence-corrected chi connectivity index (χ2v) is 5.33. The number of benzene rings is 1. The highest BCUT2D eigenvalue weighted by Gasteiger charge is 2.08. The van der Waals surface area contributed by atoms with E-state index >= 15 is 0 Å². The molecule has 2 rings (SSSR count). The van der Waals surface area contributed by atoms with Crippen LogP contribution in [-0.2, 0) is 4.74 Å². The summed E-state index contributed by atoms with van der Waals surface area (Å²) in [6.45, 7) is 5.02. The number of aromatic nitrogens is 1. The van der Waals surface area contributed by atoms with Crippen molar-refractivity contribution in [2.45, 2.75) is 13.8 Å². The summed E-state index contributed by atoms with van der Waals surface area (Å²) in [5, 5.41) is 12.1. The molecule has 132 valence electrons. The number of anilines is 1. The molecule has 6 nitrogen and oxygen atoms in total. The molecule has 2 aromatic rings. The van der Waals surface area contributed by atoms with Gasteiger partial charge in [0, 0.05) is 29.8 Å². The Kier molecular flexibility index (Phi) is 9.22. The number of hydrogen-bond acceptors (Lipinski definition) is 6. The van der Waals surface area contributed by atoms with E-state index in [-0.39, 0.29) is 0 Å². The van der Waals surface area contributed by atoms with Gasteiger partial charge in [-0.3, -0.25) is 4.79 Å². The zero-order valence-electron chi connectivity index (χ0n) is 14.4. The Bertz CT molecular complexity index is 745. The van der Waals surface area contributed by atoms with Crippen LogP contribution in [0.1, 0.15) is 29.8 Å². The Hall–Kier alpha value is -2.43. The molecule has 0 aliphatic rings. The van der Waals surface area contributed by atoms with Gasteiger partial charge in [0.15, 0.2) is 6.29 Å². The smallest absolute Gasteiger partial charge is 0.221 e. The molecule has 0 fully saturated rings. The zero-order chi connectivity index (χ0) is 18.7. The second kappa shape index (κ2) is 11.2. The lowest BCUT2D eigenvalue weighted by molar-refractivity contribution is 0.112. The number of carbonyl (C=O) groups excluding carboxylic acids is 1. The van der Waals surface area contributed by atoms with Crippen molar-refractivity contribution < 1.29 is 14.3 Å². The number of nitrogens with zero attached hydrogens (tertiary/aromatic N) is 2. The van der Waals surface area contributed by atoms with E-state index in [1.807, 2.05) is 13.8 Å². The number of pyridine rings is 1. The minimum atomic E-state index is 0.322. The van der Waals surface area contributed by atoms with Crippen molar-refractivity contribution >= 4 is 28.0 Å². The second-order valence-electron chi connectivity index (χ2n) is 4.48. The van der Waals surface area contributed by atoms with Gasteiger partial charge >= 0.3 is 0 Å². The molecule has 0 saturated carbocycles. The largest absolute Gasteiger partial charge is 0.439 e. The van der Waals surface area contributed by atoms with Crippen LogP contribution >= 0.6 is 15.9 Å². The van der Waals surface area contributed by atoms with Crippen LogP contribution in [-0.4, -0.2) is 31.5 Å². The van der Waals surface area contributed by atoms with Crippen LogP contribution in [0.3, 0.4) is 0 Å². The maximum atomic E-state index is 11.0. The third kappa shape index (κ3) is 6.18. The van der Waals surface area contributed by atoms with Gasteiger partial charge < -0.3 is 14.8 Å². The lowest BCUT2D eigenvalue weighted by Crippen LogP contribution is -2.10. The van der Waals surface area contributed by atoms with E-state index in [9.17, 15) is 4.79 Å². The van der Waals surface area contributed by atoms with Crippen LogP contribution in [0.4, 0.5) is 5.82 Å². The number of rotatable bonds is 7. The molecule has 1 aromatic heterocycles. The predicted molar refractivity (Wildman–Crippen MR) is 100 cm³/mol. The summed E-state index contributed by atoms with van der Waals surface area (Å²) in [7, 11) is 1.60. The van der Waals surface area contributed by atoms with Crippen molar-refractivity contribution in [3.8, 4) is 17.7 Å². The Labute approximate surface area is 155 Å². The number of carbonyl (C=O) groups is 1. The molecule has 0 spiro atoms. The summed E-state index contributed by atoms with van der Waals surface area (Å²) in [5.74, 6) is 1.23. The summed E-state index contributed by atoms with van der Waals surface area (Å²) in [6, 6.07) is 10.3. The number of hydrogen-bond donors (Lipinski definition) is 1. The third-order valence-corrected chi connectivity index (χ3v) is 3.63. The maximum Gasteiger partial charge on any atom is 0.221 e. The van der Waals surface area contributed by atoms with Gasteiger partial charge in [-0.1, -0.05) is 29.8 Å². The predicted octanol–water partition coefficient (Wildman–Crippen LogP) is 4.41. The average molecular weight is 406 g/mol. The molecule has 1 N–H and O–H groups in total. The molecule has 1 aromatic carbocycles. The highest BCUT2D eigenvalue weighted by Crippen LogP contribution is 2.26. The molecule has 1 heterocycles. The van der Waals surface area contributed by atoms with Crippen LogP contribution < -0.4 is 10.1 Å². The quantitative estimate of drug-likeness (QED) is 0.542. The fourth-order valence-electron chi connectivity index (χ4n) is 1.79. The van der Waals surface area contributed by atoms with Crippen molar-refractivity contribution in [1.29, 1.82) is 5.26 Å². The van der Waals surface area contributed by atoms with Gasteiger partial charge in [0.2, 0.25) is 5.88 Å². The number of ether oxygens (including phenoxy) is 2. The van der Waals surface area contributed by atoms with Gasteiger partial charge in [0.25, 0.3) is 0 Å². The Morgan fingerprint density at radius 3 is 2.72 bits per heavy atom. The van der Waals surface area contributed by atoms with Gasteiger partial charge in [0.05, 0.1) is 12.2 Å². The van der Waals surface area contributed by atoms with E-state index in [1.54, 1.807) is 37.4 Å². The lowest BCUT2D eigenvalue weighted by Gasteiger charge is -2.10. The number of nitriles is 1. The molecule has 0 bridgehead atoms. The Morgan fingerprint density at radius 1 is 1.32 bits per heavy atom. The van der Waals surface area contributed by atoms with Crippen LogP contribution in [0.2, 0.25) is 0 Å². The van der Waals surface area contributed by atoms with Crippen molar-refractivity contribution in [3.63, 3.8) is 0 Å². The first kappa shape index (κ1) is 20.6. The van der Waals surface area contributed by atoms with Crippen LogP contribution in [0.5, 0.6) is 11.6 Å². The first-order valence-corrected chi connectivity index (χ1v) is 8.53. The first-order chi connectivity index (χ1) is 12.2. The van der Waals surface area contributed by atoms with Gasteiger partial charge in [-0.2, -0.15) is 10.2 Å². The number of methoxy groups -OCH3 is 1. The van der Waals surface area contributed by atoms with Gasteiger partial charge in [-0.25, -0.2) is 0 Å².